The molecule has 0 aromatic heterocycles. The molecule has 2 unspecified atom stereocenters. The smallest absolute Gasteiger partial charge is 0.0915 e. The molecule has 0 bridgehead atoms. The van der Waals surface area contributed by atoms with Crippen LogP contribution in [0.2, 0.25) is 0 Å². The maximum Gasteiger partial charge on any atom is 0.0915 e. The zero-order valence-electron chi connectivity index (χ0n) is 8.88. The van der Waals surface area contributed by atoms with Crippen molar-refractivity contribution in [2.45, 2.75) is 32.3 Å². The highest BCUT2D eigenvalue weighted by Crippen LogP contribution is 2.52. The Hall–Kier alpha value is -0.200. The highest BCUT2D eigenvalue weighted by Gasteiger charge is 2.56. The SMILES string of the molecule is CC1(C)OCCC1(C#N)C1CCSC1. The molecule has 14 heavy (non-hydrogen) atoms. The zero-order valence-corrected chi connectivity index (χ0v) is 9.69. The van der Waals surface area contributed by atoms with Crippen LogP contribution in [0.25, 0.3) is 0 Å². The van der Waals surface area contributed by atoms with Gasteiger partial charge in [-0.3, -0.25) is 0 Å². The first-order valence-electron chi connectivity index (χ1n) is 5.25. The van der Waals surface area contributed by atoms with Crippen LogP contribution in [0.3, 0.4) is 0 Å². The van der Waals surface area contributed by atoms with Gasteiger partial charge in [0, 0.05) is 6.61 Å². The number of rotatable bonds is 1. The van der Waals surface area contributed by atoms with Crippen LogP contribution in [-0.4, -0.2) is 23.7 Å². The van der Waals surface area contributed by atoms with Crippen LogP contribution in [0.5, 0.6) is 0 Å². The highest BCUT2D eigenvalue weighted by atomic mass is 32.2. The van der Waals surface area contributed by atoms with E-state index in [0.29, 0.717) is 5.92 Å². The van der Waals surface area contributed by atoms with Crippen molar-refractivity contribution in [2.24, 2.45) is 11.3 Å². The average Bonchev–Trinajstić information content (AvgIpc) is 2.72. The Morgan fingerprint density at radius 3 is 2.71 bits per heavy atom. The topological polar surface area (TPSA) is 33.0 Å². The summed E-state index contributed by atoms with van der Waals surface area (Å²) in [6, 6.07) is 2.57. The lowest BCUT2D eigenvalue weighted by Crippen LogP contribution is -2.44. The number of ether oxygens (including phenoxy) is 1. The minimum atomic E-state index is -0.253. The van der Waals surface area contributed by atoms with Gasteiger partial charge in [-0.15, -0.1) is 0 Å². The Morgan fingerprint density at radius 1 is 1.50 bits per heavy atom. The lowest BCUT2D eigenvalue weighted by atomic mass is 9.65. The molecule has 2 saturated heterocycles. The van der Waals surface area contributed by atoms with E-state index in [1.54, 1.807) is 0 Å². The van der Waals surface area contributed by atoms with Gasteiger partial charge in [0.1, 0.15) is 0 Å². The monoisotopic (exact) mass is 211 g/mol. The van der Waals surface area contributed by atoms with Gasteiger partial charge in [0.25, 0.3) is 0 Å². The van der Waals surface area contributed by atoms with Crippen LogP contribution in [0, 0.1) is 22.7 Å². The Morgan fingerprint density at radius 2 is 2.29 bits per heavy atom. The first kappa shape index (κ1) is 10.3. The first-order valence-corrected chi connectivity index (χ1v) is 6.41. The van der Waals surface area contributed by atoms with Crippen LogP contribution in [0.15, 0.2) is 0 Å². The van der Waals surface area contributed by atoms with Gasteiger partial charge in [-0.2, -0.15) is 17.0 Å². The second kappa shape index (κ2) is 3.43. The summed E-state index contributed by atoms with van der Waals surface area (Å²) in [6.45, 7) is 4.90. The molecule has 3 heteroatoms. The third-order valence-corrected chi connectivity index (χ3v) is 5.02. The molecule has 0 aromatic carbocycles. The van der Waals surface area contributed by atoms with E-state index in [-0.39, 0.29) is 11.0 Å². The van der Waals surface area contributed by atoms with E-state index in [2.05, 4.69) is 19.9 Å². The predicted molar refractivity (Wildman–Crippen MR) is 58.1 cm³/mol. The van der Waals surface area contributed by atoms with Crippen LogP contribution in [-0.2, 0) is 4.74 Å². The molecule has 0 amide bonds. The quantitative estimate of drug-likeness (QED) is 0.668. The van der Waals surface area contributed by atoms with Gasteiger partial charge < -0.3 is 4.74 Å². The van der Waals surface area contributed by atoms with Crippen molar-refractivity contribution >= 4 is 11.8 Å². The summed E-state index contributed by atoms with van der Waals surface area (Å²) >= 11 is 1.98. The van der Waals surface area contributed by atoms with Gasteiger partial charge in [0.05, 0.1) is 17.1 Å². The zero-order chi connectivity index (χ0) is 10.2. The van der Waals surface area contributed by atoms with Gasteiger partial charge in [-0.05, 0) is 44.1 Å². The van der Waals surface area contributed by atoms with E-state index in [0.717, 1.165) is 18.8 Å². The second-order valence-electron chi connectivity index (χ2n) is 4.75. The summed E-state index contributed by atoms with van der Waals surface area (Å²) in [7, 11) is 0. The molecule has 2 aliphatic heterocycles. The number of hydrogen-bond donors (Lipinski definition) is 0. The molecule has 0 spiro atoms. The Labute approximate surface area is 90.0 Å². The van der Waals surface area contributed by atoms with Gasteiger partial charge in [-0.25, -0.2) is 0 Å². The Bertz CT molecular complexity index is 265. The van der Waals surface area contributed by atoms with E-state index < -0.39 is 0 Å². The maximum atomic E-state index is 9.47. The minimum absolute atomic E-state index is 0.226. The average molecular weight is 211 g/mol. The summed E-state index contributed by atoms with van der Waals surface area (Å²) in [5.41, 5.74) is -0.478. The molecule has 2 aliphatic rings. The van der Waals surface area contributed by atoms with Gasteiger partial charge in [-0.1, -0.05) is 0 Å². The molecule has 2 rings (SSSR count). The van der Waals surface area contributed by atoms with E-state index in [9.17, 15) is 5.26 Å². The lowest BCUT2D eigenvalue weighted by molar-refractivity contribution is -0.0289. The second-order valence-corrected chi connectivity index (χ2v) is 5.90. The van der Waals surface area contributed by atoms with Gasteiger partial charge in [0.15, 0.2) is 0 Å². The molecular formula is C11H17NOS. The predicted octanol–water partition coefficient (Wildman–Crippen LogP) is 2.45. The van der Waals surface area contributed by atoms with Crippen molar-refractivity contribution in [3.05, 3.63) is 0 Å². The van der Waals surface area contributed by atoms with E-state index >= 15 is 0 Å². The fourth-order valence-corrected chi connectivity index (χ4v) is 4.15. The maximum absolute atomic E-state index is 9.47. The summed E-state index contributed by atoms with van der Waals surface area (Å²) in [6.07, 6.45) is 2.10. The van der Waals surface area contributed by atoms with Crippen molar-refractivity contribution < 1.29 is 4.74 Å². The lowest BCUT2D eigenvalue weighted by Gasteiger charge is -2.38. The summed E-state index contributed by atoms with van der Waals surface area (Å²) in [4.78, 5) is 0. The highest BCUT2D eigenvalue weighted by molar-refractivity contribution is 7.99. The van der Waals surface area contributed by atoms with Crippen molar-refractivity contribution in [2.75, 3.05) is 18.1 Å². The van der Waals surface area contributed by atoms with Crippen LogP contribution < -0.4 is 0 Å². The largest absolute Gasteiger partial charge is 0.374 e. The third kappa shape index (κ3) is 1.28. The molecule has 0 saturated carbocycles. The molecule has 2 nitrogen and oxygen atoms in total. The Kier molecular flexibility index (Phi) is 2.53. The van der Waals surface area contributed by atoms with E-state index in [1.807, 2.05) is 11.8 Å². The van der Waals surface area contributed by atoms with E-state index in [4.69, 9.17) is 4.74 Å². The third-order valence-electron chi connectivity index (χ3n) is 3.86. The minimum Gasteiger partial charge on any atom is -0.374 e. The summed E-state index contributed by atoms with van der Waals surface area (Å²) in [5.74, 6) is 2.89. The number of nitrogens with zero attached hydrogens (tertiary/aromatic N) is 1. The molecule has 2 heterocycles. The van der Waals surface area contributed by atoms with Crippen LogP contribution in [0.4, 0.5) is 0 Å². The fraction of sp³-hybridized carbons (Fsp3) is 0.909. The molecule has 2 fully saturated rings. The molecule has 78 valence electrons. The normalized spacial score (nSPS) is 41.1. The number of nitriles is 1. The van der Waals surface area contributed by atoms with Gasteiger partial charge in [0.2, 0.25) is 0 Å². The molecule has 0 radical (unpaired) electrons. The molecule has 0 N–H and O–H groups in total. The first-order chi connectivity index (χ1) is 6.62. The van der Waals surface area contributed by atoms with E-state index in [1.165, 1.54) is 12.2 Å². The number of thioether (sulfide) groups is 1. The van der Waals surface area contributed by atoms with Crippen molar-refractivity contribution in [3.8, 4) is 6.07 Å². The van der Waals surface area contributed by atoms with Crippen LogP contribution >= 0.6 is 11.8 Å². The molecule has 0 aliphatic carbocycles. The van der Waals surface area contributed by atoms with Gasteiger partial charge >= 0.3 is 0 Å². The van der Waals surface area contributed by atoms with Crippen molar-refractivity contribution in [1.29, 1.82) is 5.26 Å². The summed E-state index contributed by atoms with van der Waals surface area (Å²) < 4.78 is 5.73. The standard InChI is InChI=1S/C11H17NOS/c1-10(2)11(8-12,4-5-13-10)9-3-6-14-7-9/h9H,3-7H2,1-2H3. The Balaban J connectivity index is 2.29. The molecule has 0 aromatic rings. The summed E-state index contributed by atoms with van der Waals surface area (Å²) in [5, 5.41) is 9.47. The van der Waals surface area contributed by atoms with Crippen LogP contribution in [0.1, 0.15) is 26.7 Å². The number of hydrogen-bond acceptors (Lipinski definition) is 3. The van der Waals surface area contributed by atoms with Crippen molar-refractivity contribution in [3.63, 3.8) is 0 Å². The molecular weight excluding hydrogens is 194 g/mol. The molecule has 2 atom stereocenters. The fourth-order valence-electron chi connectivity index (χ4n) is 2.80. The van der Waals surface area contributed by atoms with Crippen molar-refractivity contribution in [1.82, 2.24) is 0 Å².